The molecule has 5 nitrogen and oxygen atoms in total. The maximum atomic E-state index is 11.5. The molecule has 0 radical (unpaired) electrons. The lowest BCUT2D eigenvalue weighted by Crippen LogP contribution is -2.49. The smallest absolute Gasteiger partial charge is 0.312 e. The topological polar surface area (TPSA) is 59.0 Å². The molecule has 1 saturated heterocycles. The molecule has 0 spiro atoms. The molecule has 0 aromatic heterocycles. The molecule has 1 aliphatic heterocycles. The highest BCUT2D eigenvalue weighted by atomic mass is 16.5. The van der Waals surface area contributed by atoms with E-state index < -0.39 is 5.41 Å². The van der Waals surface area contributed by atoms with Crippen molar-refractivity contribution in [3.8, 4) is 0 Å². The average Bonchev–Trinajstić information content (AvgIpc) is 2.27. The molecule has 1 aliphatic rings. The van der Waals surface area contributed by atoms with Crippen LogP contribution in [0.15, 0.2) is 0 Å². The Hall–Kier alpha value is -0.650. The van der Waals surface area contributed by atoms with Crippen LogP contribution < -0.4 is 0 Å². The van der Waals surface area contributed by atoms with E-state index in [1.165, 1.54) is 7.11 Å². The molecule has 0 aliphatic carbocycles. The number of rotatable bonds is 4. The molecule has 1 atom stereocenters. The summed E-state index contributed by atoms with van der Waals surface area (Å²) in [6, 6.07) is 0. The lowest BCUT2D eigenvalue weighted by molar-refractivity contribution is -0.153. The molecule has 0 amide bonds. The summed E-state index contributed by atoms with van der Waals surface area (Å²) in [6.07, 6.45) is -0.137. The fourth-order valence-electron chi connectivity index (χ4n) is 1.93. The van der Waals surface area contributed by atoms with Crippen LogP contribution in [-0.2, 0) is 14.3 Å². The third-order valence-corrected chi connectivity index (χ3v) is 2.78. The third-order valence-electron chi connectivity index (χ3n) is 2.78. The van der Waals surface area contributed by atoms with Crippen LogP contribution in [-0.4, -0.2) is 62.0 Å². The Balaban J connectivity index is 2.49. The maximum absolute atomic E-state index is 11.5. The van der Waals surface area contributed by atoms with E-state index in [1.807, 2.05) is 13.8 Å². The number of esters is 1. The average molecular weight is 231 g/mol. The number of aliphatic hydroxyl groups excluding tert-OH is 1. The Bertz CT molecular complexity index is 242. The highest BCUT2D eigenvalue weighted by Crippen LogP contribution is 2.20. The molecule has 0 bridgehead atoms. The quantitative estimate of drug-likeness (QED) is 0.683. The molecule has 1 fully saturated rings. The summed E-state index contributed by atoms with van der Waals surface area (Å²) in [4.78, 5) is 13.7. The SMILES string of the molecule is COC(=O)C(C)(C)CN1CCOC(CO)C1. The minimum absolute atomic E-state index is 0.0230. The first-order valence-electron chi connectivity index (χ1n) is 5.53. The first-order chi connectivity index (χ1) is 7.49. The first kappa shape index (κ1) is 13.4. The second-order valence-corrected chi connectivity index (χ2v) is 4.79. The van der Waals surface area contributed by atoms with Gasteiger partial charge >= 0.3 is 5.97 Å². The highest BCUT2D eigenvalue weighted by Gasteiger charge is 2.33. The number of hydrogen-bond donors (Lipinski definition) is 1. The number of morpholine rings is 1. The summed E-state index contributed by atoms with van der Waals surface area (Å²) >= 11 is 0. The second kappa shape index (κ2) is 5.61. The summed E-state index contributed by atoms with van der Waals surface area (Å²) in [5.41, 5.74) is -0.522. The fourth-order valence-corrected chi connectivity index (χ4v) is 1.93. The number of nitrogens with zero attached hydrogens (tertiary/aromatic N) is 1. The monoisotopic (exact) mass is 231 g/mol. The zero-order valence-corrected chi connectivity index (χ0v) is 10.2. The largest absolute Gasteiger partial charge is 0.469 e. The zero-order chi connectivity index (χ0) is 12.2. The van der Waals surface area contributed by atoms with E-state index in [2.05, 4.69) is 4.90 Å². The molecule has 94 valence electrons. The number of hydrogen-bond acceptors (Lipinski definition) is 5. The van der Waals surface area contributed by atoms with E-state index >= 15 is 0 Å². The summed E-state index contributed by atoms with van der Waals surface area (Å²) in [5, 5.41) is 9.02. The van der Waals surface area contributed by atoms with Crippen molar-refractivity contribution in [1.82, 2.24) is 4.90 Å². The minimum Gasteiger partial charge on any atom is -0.469 e. The van der Waals surface area contributed by atoms with Gasteiger partial charge in [-0.25, -0.2) is 0 Å². The maximum Gasteiger partial charge on any atom is 0.312 e. The van der Waals surface area contributed by atoms with Gasteiger partial charge in [0.2, 0.25) is 0 Å². The van der Waals surface area contributed by atoms with Crippen LogP contribution in [0.5, 0.6) is 0 Å². The van der Waals surface area contributed by atoms with Gasteiger partial charge in [0.05, 0.1) is 31.8 Å². The van der Waals surface area contributed by atoms with Crippen LogP contribution in [0, 0.1) is 5.41 Å². The number of methoxy groups -OCH3 is 1. The number of carbonyl (C=O) groups is 1. The highest BCUT2D eigenvalue weighted by molar-refractivity contribution is 5.76. The number of ether oxygens (including phenoxy) is 2. The molecule has 1 N–H and O–H groups in total. The molecule has 0 saturated carbocycles. The van der Waals surface area contributed by atoms with Crippen LogP contribution >= 0.6 is 0 Å². The second-order valence-electron chi connectivity index (χ2n) is 4.79. The van der Waals surface area contributed by atoms with Crippen LogP contribution in [0.4, 0.5) is 0 Å². The van der Waals surface area contributed by atoms with Crippen molar-refractivity contribution in [1.29, 1.82) is 0 Å². The van der Waals surface area contributed by atoms with Crippen LogP contribution in [0.25, 0.3) is 0 Å². The van der Waals surface area contributed by atoms with Gasteiger partial charge in [-0.3, -0.25) is 9.69 Å². The molecule has 0 aromatic rings. The van der Waals surface area contributed by atoms with Crippen LogP contribution in [0.1, 0.15) is 13.8 Å². The Morgan fingerprint density at radius 2 is 2.31 bits per heavy atom. The molecule has 5 heteroatoms. The van der Waals surface area contributed by atoms with Gasteiger partial charge in [-0.1, -0.05) is 0 Å². The van der Waals surface area contributed by atoms with E-state index in [4.69, 9.17) is 14.6 Å². The van der Waals surface area contributed by atoms with Gasteiger partial charge in [0.1, 0.15) is 0 Å². The van der Waals surface area contributed by atoms with Crippen molar-refractivity contribution >= 4 is 5.97 Å². The van der Waals surface area contributed by atoms with Crippen molar-refractivity contribution in [3.05, 3.63) is 0 Å². The first-order valence-corrected chi connectivity index (χ1v) is 5.53. The van der Waals surface area contributed by atoms with Crippen molar-refractivity contribution in [2.24, 2.45) is 5.41 Å². The Kier molecular flexibility index (Phi) is 4.70. The molecule has 1 rings (SSSR count). The van der Waals surface area contributed by atoms with Gasteiger partial charge in [0, 0.05) is 19.6 Å². The van der Waals surface area contributed by atoms with E-state index in [9.17, 15) is 4.79 Å². The van der Waals surface area contributed by atoms with E-state index in [0.29, 0.717) is 19.7 Å². The van der Waals surface area contributed by atoms with Crippen molar-refractivity contribution in [3.63, 3.8) is 0 Å². The molecule has 0 aromatic carbocycles. The zero-order valence-electron chi connectivity index (χ0n) is 10.2. The van der Waals surface area contributed by atoms with Crippen LogP contribution in [0.3, 0.4) is 0 Å². The number of aliphatic hydroxyl groups is 1. The summed E-state index contributed by atoms with van der Waals surface area (Å²) in [7, 11) is 1.40. The predicted molar refractivity (Wildman–Crippen MR) is 59.1 cm³/mol. The van der Waals surface area contributed by atoms with E-state index in [0.717, 1.165) is 6.54 Å². The van der Waals surface area contributed by atoms with E-state index in [-0.39, 0.29) is 18.7 Å². The summed E-state index contributed by atoms with van der Waals surface area (Å²) in [5.74, 6) is -0.209. The van der Waals surface area contributed by atoms with Gasteiger partial charge in [-0.15, -0.1) is 0 Å². The van der Waals surface area contributed by atoms with Crippen LogP contribution in [0.2, 0.25) is 0 Å². The Morgan fingerprint density at radius 3 is 2.88 bits per heavy atom. The minimum atomic E-state index is -0.522. The lowest BCUT2D eigenvalue weighted by atomic mass is 9.92. The summed E-state index contributed by atoms with van der Waals surface area (Å²) in [6.45, 7) is 6.43. The molecule has 1 unspecified atom stereocenters. The van der Waals surface area contributed by atoms with Crippen molar-refractivity contribution in [2.75, 3.05) is 40.0 Å². The Labute approximate surface area is 96.3 Å². The summed E-state index contributed by atoms with van der Waals surface area (Å²) < 4.78 is 10.1. The van der Waals surface area contributed by atoms with Gasteiger partial charge < -0.3 is 14.6 Å². The lowest BCUT2D eigenvalue weighted by Gasteiger charge is -2.36. The van der Waals surface area contributed by atoms with Gasteiger partial charge in [-0.05, 0) is 13.8 Å². The standard InChI is InChI=1S/C11H21NO4/c1-11(2,10(14)15-3)8-12-4-5-16-9(6-12)7-13/h9,13H,4-8H2,1-3H3. The third kappa shape index (κ3) is 3.43. The molecule has 16 heavy (non-hydrogen) atoms. The van der Waals surface area contributed by atoms with Gasteiger partial charge in [-0.2, -0.15) is 0 Å². The van der Waals surface area contributed by atoms with E-state index in [1.54, 1.807) is 0 Å². The van der Waals surface area contributed by atoms with Crippen molar-refractivity contribution in [2.45, 2.75) is 20.0 Å². The molecule has 1 heterocycles. The molecular formula is C11H21NO4. The van der Waals surface area contributed by atoms with Gasteiger partial charge in [0.25, 0.3) is 0 Å². The van der Waals surface area contributed by atoms with Crippen molar-refractivity contribution < 1.29 is 19.4 Å². The normalized spacial score (nSPS) is 23.1. The van der Waals surface area contributed by atoms with Gasteiger partial charge in [0.15, 0.2) is 0 Å². The number of carbonyl (C=O) groups excluding carboxylic acids is 1. The fraction of sp³-hybridized carbons (Fsp3) is 0.909. The predicted octanol–water partition coefficient (Wildman–Crippen LogP) is -0.121. The Morgan fingerprint density at radius 1 is 1.62 bits per heavy atom. The molecular weight excluding hydrogens is 210 g/mol.